The van der Waals surface area contributed by atoms with Crippen LogP contribution in [0.2, 0.25) is 0 Å². The van der Waals surface area contributed by atoms with Gasteiger partial charge in [0.2, 0.25) is 0 Å². The second-order valence-corrected chi connectivity index (χ2v) is 5.78. The number of fused-ring (bicyclic) bond motifs is 1. The molecule has 1 aromatic heterocycles. The van der Waals surface area contributed by atoms with Crippen molar-refractivity contribution in [3.8, 4) is 0 Å². The number of thioether (sulfide) groups is 1. The molecule has 1 atom stereocenters. The molecule has 1 heterocycles. The highest BCUT2D eigenvalue weighted by molar-refractivity contribution is 7.98. The van der Waals surface area contributed by atoms with E-state index < -0.39 is 0 Å². The Balaban J connectivity index is 2.63. The van der Waals surface area contributed by atoms with E-state index in [0.717, 1.165) is 22.3 Å². The van der Waals surface area contributed by atoms with Gasteiger partial charge in [-0.3, -0.25) is 10.4 Å². The number of pyridine rings is 1. The maximum absolute atomic E-state index is 7.79. The van der Waals surface area contributed by atoms with Crippen molar-refractivity contribution < 1.29 is 0 Å². The number of benzene rings is 1. The van der Waals surface area contributed by atoms with E-state index >= 15 is 0 Å². The number of nitrogens with zero attached hydrogens (tertiary/aromatic N) is 2. The molecule has 4 nitrogen and oxygen atoms in total. The highest BCUT2D eigenvalue weighted by atomic mass is 32.2. The number of para-hydroxylation sites is 1. The van der Waals surface area contributed by atoms with Crippen LogP contribution in [0.4, 0.5) is 5.69 Å². The van der Waals surface area contributed by atoms with Gasteiger partial charge in [0.05, 0.1) is 16.8 Å². The van der Waals surface area contributed by atoms with E-state index in [2.05, 4.69) is 30.1 Å². The molecule has 0 aliphatic heterocycles. The Bertz CT molecular complexity index is 626. The predicted octanol–water partition coefficient (Wildman–Crippen LogP) is 2.71. The van der Waals surface area contributed by atoms with E-state index in [1.165, 1.54) is 0 Å². The summed E-state index contributed by atoms with van der Waals surface area (Å²) in [7, 11) is 2.05. The van der Waals surface area contributed by atoms with Crippen LogP contribution in [0.15, 0.2) is 30.5 Å². The number of rotatable bonds is 5. The molecule has 5 heteroatoms. The Labute approximate surface area is 123 Å². The normalized spacial score (nSPS) is 12.3. The quantitative estimate of drug-likeness (QED) is 0.656. The van der Waals surface area contributed by atoms with Gasteiger partial charge in [0, 0.05) is 30.4 Å². The highest BCUT2D eigenvalue weighted by Gasteiger charge is 2.18. The maximum atomic E-state index is 7.79. The van der Waals surface area contributed by atoms with Gasteiger partial charge in [0.25, 0.3) is 0 Å². The Hall–Kier alpha value is -1.75. The molecule has 0 amide bonds. The number of nitrogens with one attached hydrogen (secondary N) is 1. The summed E-state index contributed by atoms with van der Waals surface area (Å²) >= 11 is 1.81. The Morgan fingerprint density at radius 1 is 1.45 bits per heavy atom. The fraction of sp³-hybridized carbons (Fsp3) is 0.333. The first-order valence-corrected chi connectivity index (χ1v) is 7.89. The van der Waals surface area contributed by atoms with Gasteiger partial charge in [-0.25, -0.2) is 0 Å². The number of aromatic nitrogens is 1. The van der Waals surface area contributed by atoms with E-state index in [1.54, 1.807) is 6.20 Å². The fourth-order valence-electron chi connectivity index (χ4n) is 2.28. The molecule has 0 saturated carbocycles. The topological polar surface area (TPSA) is 66.0 Å². The standard InChI is InChI=1S/C15H20N4S/c1-10(9-20-3)19(2)14-11-6-4-5-7-13(11)18-8-12(14)15(16)17/h4-8,10H,9H2,1-3H3,(H3,16,17). The smallest absolute Gasteiger partial charge is 0.126 e. The van der Waals surface area contributed by atoms with E-state index in [0.29, 0.717) is 11.6 Å². The lowest BCUT2D eigenvalue weighted by molar-refractivity contribution is 0.767. The van der Waals surface area contributed by atoms with Crippen LogP contribution in [-0.4, -0.2) is 35.9 Å². The molecule has 1 unspecified atom stereocenters. The molecule has 20 heavy (non-hydrogen) atoms. The summed E-state index contributed by atoms with van der Waals surface area (Å²) in [6, 6.07) is 8.33. The zero-order valence-corrected chi connectivity index (χ0v) is 12.9. The molecular formula is C15H20N4S. The summed E-state index contributed by atoms with van der Waals surface area (Å²) in [6.07, 6.45) is 3.79. The molecule has 0 bridgehead atoms. The van der Waals surface area contributed by atoms with Crippen molar-refractivity contribution in [2.45, 2.75) is 13.0 Å². The van der Waals surface area contributed by atoms with Crippen LogP contribution in [-0.2, 0) is 0 Å². The second-order valence-electron chi connectivity index (χ2n) is 4.87. The number of nitrogens with two attached hydrogens (primary N) is 1. The third-order valence-corrected chi connectivity index (χ3v) is 4.27. The van der Waals surface area contributed by atoms with Gasteiger partial charge >= 0.3 is 0 Å². The zero-order chi connectivity index (χ0) is 14.7. The Kier molecular flexibility index (Phi) is 4.49. The van der Waals surface area contributed by atoms with Gasteiger partial charge in [-0.2, -0.15) is 11.8 Å². The van der Waals surface area contributed by atoms with E-state index in [-0.39, 0.29) is 5.84 Å². The lowest BCUT2D eigenvalue weighted by atomic mass is 10.1. The molecule has 2 rings (SSSR count). The maximum Gasteiger partial charge on any atom is 0.126 e. The third-order valence-electron chi connectivity index (χ3n) is 3.46. The molecule has 3 N–H and O–H groups in total. The minimum Gasteiger partial charge on any atom is -0.384 e. The number of nitrogen functional groups attached to an aromatic ring is 1. The average Bonchev–Trinajstić information content (AvgIpc) is 2.45. The van der Waals surface area contributed by atoms with Crippen molar-refractivity contribution >= 4 is 34.2 Å². The SMILES string of the molecule is CSCC(C)N(C)c1c(C(=N)N)cnc2ccccc12. The largest absolute Gasteiger partial charge is 0.384 e. The summed E-state index contributed by atoms with van der Waals surface area (Å²) in [4.78, 5) is 6.59. The average molecular weight is 288 g/mol. The molecule has 0 fully saturated rings. The van der Waals surface area contributed by atoms with E-state index in [9.17, 15) is 0 Å². The minimum atomic E-state index is 0.0569. The van der Waals surface area contributed by atoms with Crippen LogP contribution in [0.1, 0.15) is 12.5 Å². The summed E-state index contributed by atoms with van der Waals surface area (Å²) in [5.74, 6) is 1.08. The van der Waals surface area contributed by atoms with Gasteiger partial charge < -0.3 is 10.6 Å². The molecule has 0 saturated heterocycles. The first-order chi connectivity index (χ1) is 9.56. The lowest BCUT2D eigenvalue weighted by Crippen LogP contribution is -2.33. The van der Waals surface area contributed by atoms with Crippen molar-refractivity contribution in [2.75, 3.05) is 24.0 Å². The van der Waals surface area contributed by atoms with Crippen molar-refractivity contribution in [3.05, 3.63) is 36.0 Å². The predicted molar refractivity (Wildman–Crippen MR) is 89.0 cm³/mol. The van der Waals surface area contributed by atoms with Crippen molar-refractivity contribution in [3.63, 3.8) is 0 Å². The fourth-order valence-corrected chi connectivity index (χ4v) is 2.98. The Morgan fingerprint density at radius 2 is 2.15 bits per heavy atom. The molecule has 106 valence electrons. The van der Waals surface area contributed by atoms with E-state index in [1.807, 2.05) is 36.0 Å². The molecule has 2 aromatic rings. The molecule has 0 spiro atoms. The van der Waals surface area contributed by atoms with Gasteiger partial charge in [-0.1, -0.05) is 18.2 Å². The molecule has 0 radical (unpaired) electrons. The zero-order valence-electron chi connectivity index (χ0n) is 12.1. The van der Waals surface area contributed by atoms with Crippen molar-refractivity contribution in [1.29, 1.82) is 5.41 Å². The van der Waals surface area contributed by atoms with Crippen LogP contribution >= 0.6 is 11.8 Å². The number of hydrogen-bond acceptors (Lipinski definition) is 4. The number of hydrogen-bond donors (Lipinski definition) is 2. The van der Waals surface area contributed by atoms with Gasteiger partial charge in [-0.05, 0) is 19.2 Å². The summed E-state index contributed by atoms with van der Waals surface area (Å²) < 4.78 is 0. The molecule has 1 aromatic carbocycles. The van der Waals surface area contributed by atoms with Crippen LogP contribution in [0.25, 0.3) is 10.9 Å². The summed E-state index contributed by atoms with van der Waals surface area (Å²) in [5.41, 5.74) is 8.34. The minimum absolute atomic E-state index is 0.0569. The van der Waals surface area contributed by atoms with Crippen molar-refractivity contribution in [2.24, 2.45) is 5.73 Å². The summed E-state index contributed by atoms with van der Waals surface area (Å²) in [6.45, 7) is 2.18. The molecule has 0 aliphatic rings. The van der Waals surface area contributed by atoms with Crippen LogP contribution < -0.4 is 10.6 Å². The van der Waals surface area contributed by atoms with Crippen LogP contribution in [0, 0.1) is 5.41 Å². The lowest BCUT2D eigenvalue weighted by Gasteiger charge is -2.29. The van der Waals surface area contributed by atoms with Crippen LogP contribution in [0.3, 0.4) is 0 Å². The first-order valence-electron chi connectivity index (χ1n) is 6.50. The number of amidine groups is 1. The van der Waals surface area contributed by atoms with Gasteiger partial charge in [-0.15, -0.1) is 0 Å². The highest BCUT2D eigenvalue weighted by Crippen LogP contribution is 2.30. The number of anilines is 1. The van der Waals surface area contributed by atoms with Crippen molar-refractivity contribution in [1.82, 2.24) is 4.98 Å². The van der Waals surface area contributed by atoms with Gasteiger partial charge in [0.15, 0.2) is 0 Å². The Morgan fingerprint density at radius 3 is 2.80 bits per heavy atom. The first kappa shape index (κ1) is 14.7. The van der Waals surface area contributed by atoms with Crippen LogP contribution in [0.5, 0.6) is 0 Å². The van der Waals surface area contributed by atoms with Gasteiger partial charge in [0.1, 0.15) is 5.84 Å². The monoisotopic (exact) mass is 288 g/mol. The molecular weight excluding hydrogens is 268 g/mol. The second kappa shape index (κ2) is 6.13. The van der Waals surface area contributed by atoms with E-state index in [4.69, 9.17) is 11.1 Å². The molecule has 0 aliphatic carbocycles. The third kappa shape index (κ3) is 2.72. The summed E-state index contributed by atoms with van der Waals surface area (Å²) in [5, 5.41) is 8.83.